The first-order valence-electron chi connectivity index (χ1n) is 6.53. The van der Waals surface area contributed by atoms with Crippen LogP contribution in [0.1, 0.15) is 17.5 Å². The Morgan fingerprint density at radius 1 is 1.16 bits per heavy atom. The van der Waals surface area contributed by atoms with Crippen LogP contribution in [0.25, 0.3) is 16.8 Å². The fraction of sp³-hybridized carbons (Fsp3) is 0.200. The number of rotatable bonds is 1. The lowest BCUT2D eigenvalue weighted by atomic mass is 9.98. The molecule has 0 radical (unpaired) electrons. The Kier molecular flexibility index (Phi) is 2.12. The highest BCUT2D eigenvalue weighted by Gasteiger charge is 2.16. The van der Waals surface area contributed by atoms with E-state index in [-0.39, 0.29) is 0 Å². The second kappa shape index (κ2) is 3.82. The van der Waals surface area contributed by atoms with Crippen LogP contribution < -0.4 is 5.73 Å². The summed E-state index contributed by atoms with van der Waals surface area (Å²) in [4.78, 5) is 4.22. The van der Waals surface area contributed by atoms with Crippen LogP contribution in [0.3, 0.4) is 0 Å². The Bertz CT molecular complexity index is 773. The maximum Gasteiger partial charge on any atom is 0.155 e. The second-order valence-corrected chi connectivity index (χ2v) is 5.00. The van der Waals surface area contributed by atoms with E-state index in [1.54, 1.807) is 10.8 Å². The van der Waals surface area contributed by atoms with Crippen LogP contribution in [0.2, 0.25) is 0 Å². The van der Waals surface area contributed by atoms with Crippen LogP contribution in [0.15, 0.2) is 36.8 Å². The molecular formula is C15H14N4. The lowest BCUT2D eigenvalue weighted by Crippen LogP contribution is -1.97. The molecule has 0 spiro atoms. The third-order valence-electron chi connectivity index (χ3n) is 3.92. The molecule has 3 aromatic rings. The minimum atomic E-state index is 0.845. The molecule has 1 aliphatic carbocycles. The maximum absolute atomic E-state index is 6.34. The van der Waals surface area contributed by atoms with Gasteiger partial charge in [0.25, 0.3) is 0 Å². The van der Waals surface area contributed by atoms with Crippen molar-refractivity contribution in [3.05, 3.63) is 47.9 Å². The number of anilines is 1. The topological polar surface area (TPSA) is 56.2 Å². The number of nitrogens with two attached hydrogens (primary N) is 1. The summed E-state index contributed by atoms with van der Waals surface area (Å²) >= 11 is 0. The van der Waals surface area contributed by atoms with Gasteiger partial charge in [-0.1, -0.05) is 12.1 Å². The Labute approximate surface area is 110 Å². The van der Waals surface area contributed by atoms with Crippen LogP contribution in [0.4, 0.5) is 5.69 Å². The van der Waals surface area contributed by atoms with Crippen LogP contribution in [-0.4, -0.2) is 14.6 Å². The molecule has 94 valence electrons. The Morgan fingerprint density at radius 2 is 2.11 bits per heavy atom. The highest BCUT2D eigenvalue weighted by molar-refractivity contribution is 5.81. The van der Waals surface area contributed by atoms with E-state index in [9.17, 15) is 0 Å². The number of aromatic nitrogens is 3. The van der Waals surface area contributed by atoms with Gasteiger partial charge in [-0.05, 0) is 48.1 Å². The highest BCUT2D eigenvalue weighted by atomic mass is 15.3. The molecular weight excluding hydrogens is 236 g/mol. The van der Waals surface area contributed by atoms with Gasteiger partial charge in [-0.3, -0.25) is 0 Å². The van der Waals surface area contributed by atoms with Gasteiger partial charge in [-0.25, -0.2) is 9.50 Å². The van der Waals surface area contributed by atoms with E-state index >= 15 is 0 Å². The van der Waals surface area contributed by atoms with E-state index in [0.717, 1.165) is 35.3 Å². The smallest absolute Gasteiger partial charge is 0.155 e. The average molecular weight is 250 g/mol. The van der Waals surface area contributed by atoms with Gasteiger partial charge in [0, 0.05) is 17.4 Å². The van der Waals surface area contributed by atoms with E-state index in [1.807, 2.05) is 18.3 Å². The summed E-state index contributed by atoms with van der Waals surface area (Å²) in [5.74, 6) is 0. The minimum absolute atomic E-state index is 0.845. The third kappa shape index (κ3) is 1.53. The van der Waals surface area contributed by atoms with Gasteiger partial charge in [0.05, 0.1) is 0 Å². The molecule has 0 saturated heterocycles. The number of aryl methyl sites for hydroxylation is 1. The van der Waals surface area contributed by atoms with Gasteiger partial charge in [0.2, 0.25) is 0 Å². The quantitative estimate of drug-likeness (QED) is 0.675. The van der Waals surface area contributed by atoms with E-state index in [2.05, 4.69) is 22.2 Å². The van der Waals surface area contributed by atoms with Gasteiger partial charge in [-0.15, -0.1) is 0 Å². The molecule has 19 heavy (non-hydrogen) atoms. The normalized spacial score (nSPS) is 13.9. The Morgan fingerprint density at radius 3 is 3.05 bits per heavy atom. The molecule has 0 aliphatic heterocycles. The van der Waals surface area contributed by atoms with Gasteiger partial charge >= 0.3 is 0 Å². The molecule has 4 rings (SSSR count). The summed E-state index contributed by atoms with van der Waals surface area (Å²) in [6, 6.07) is 8.40. The molecule has 0 amide bonds. The van der Waals surface area contributed by atoms with Gasteiger partial charge < -0.3 is 5.73 Å². The summed E-state index contributed by atoms with van der Waals surface area (Å²) in [6.07, 6.45) is 6.95. The number of benzene rings is 1. The Balaban J connectivity index is 1.92. The molecule has 1 aromatic carbocycles. The van der Waals surface area contributed by atoms with Crippen LogP contribution in [0.5, 0.6) is 0 Å². The monoisotopic (exact) mass is 250 g/mol. The van der Waals surface area contributed by atoms with Crippen molar-refractivity contribution in [2.75, 3.05) is 5.73 Å². The van der Waals surface area contributed by atoms with Crippen molar-refractivity contribution in [2.24, 2.45) is 0 Å². The molecule has 0 saturated carbocycles. The van der Waals surface area contributed by atoms with Crippen molar-refractivity contribution in [1.82, 2.24) is 14.6 Å². The molecule has 0 bridgehead atoms. The summed E-state index contributed by atoms with van der Waals surface area (Å²) in [6.45, 7) is 0. The van der Waals surface area contributed by atoms with Crippen molar-refractivity contribution in [3.8, 4) is 11.1 Å². The zero-order valence-electron chi connectivity index (χ0n) is 10.5. The van der Waals surface area contributed by atoms with Crippen molar-refractivity contribution >= 4 is 11.3 Å². The molecule has 4 nitrogen and oxygen atoms in total. The molecule has 0 unspecified atom stereocenters. The average Bonchev–Trinajstić information content (AvgIpc) is 3.07. The third-order valence-corrected chi connectivity index (χ3v) is 3.92. The first-order chi connectivity index (χ1) is 9.33. The van der Waals surface area contributed by atoms with Crippen LogP contribution in [-0.2, 0) is 12.8 Å². The predicted molar refractivity (Wildman–Crippen MR) is 74.9 cm³/mol. The van der Waals surface area contributed by atoms with Crippen molar-refractivity contribution in [1.29, 1.82) is 0 Å². The van der Waals surface area contributed by atoms with E-state index in [1.165, 1.54) is 17.5 Å². The van der Waals surface area contributed by atoms with Crippen molar-refractivity contribution < 1.29 is 0 Å². The molecule has 2 N–H and O–H groups in total. The molecule has 2 heterocycles. The number of hydrogen-bond donors (Lipinski definition) is 1. The molecule has 4 heteroatoms. The van der Waals surface area contributed by atoms with Crippen LogP contribution in [0, 0.1) is 0 Å². The van der Waals surface area contributed by atoms with Gasteiger partial charge in [-0.2, -0.15) is 5.10 Å². The zero-order chi connectivity index (χ0) is 12.8. The van der Waals surface area contributed by atoms with Gasteiger partial charge in [0.15, 0.2) is 5.65 Å². The molecule has 2 aromatic heterocycles. The minimum Gasteiger partial charge on any atom is -0.398 e. The number of fused-ring (bicyclic) bond motifs is 2. The molecule has 0 fully saturated rings. The summed E-state index contributed by atoms with van der Waals surface area (Å²) in [5, 5.41) is 4.11. The lowest BCUT2D eigenvalue weighted by Gasteiger charge is -2.11. The van der Waals surface area contributed by atoms with Crippen molar-refractivity contribution in [3.63, 3.8) is 0 Å². The first-order valence-corrected chi connectivity index (χ1v) is 6.53. The van der Waals surface area contributed by atoms with E-state index in [4.69, 9.17) is 5.73 Å². The summed E-state index contributed by atoms with van der Waals surface area (Å²) in [5.41, 5.74) is 13.1. The molecule has 0 atom stereocenters. The summed E-state index contributed by atoms with van der Waals surface area (Å²) in [7, 11) is 0. The number of nitrogen functional groups attached to an aromatic ring is 1. The molecule has 1 aliphatic rings. The Hall–Kier alpha value is -2.36. The fourth-order valence-electron chi connectivity index (χ4n) is 2.93. The lowest BCUT2D eigenvalue weighted by molar-refractivity contribution is 0.912. The number of nitrogens with zero attached hydrogens (tertiary/aromatic N) is 3. The maximum atomic E-state index is 6.34. The van der Waals surface area contributed by atoms with E-state index in [0.29, 0.717) is 0 Å². The second-order valence-electron chi connectivity index (χ2n) is 5.00. The first kappa shape index (κ1) is 10.6. The number of hydrogen-bond acceptors (Lipinski definition) is 3. The van der Waals surface area contributed by atoms with Crippen molar-refractivity contribution in [2.45, 2.75) is 19.3 Å². The predicted octanol–water partition coefficient (Wildman–Crippen LogP) is 2.47. The van der Waals surface area contributed by atoms with Gasteiger partial charge in [0.1, 0.15) is 6.33 Å². The largest absolute Gasteiger partial charge is 0.398 e. The zero-order valence-corrected chi connectivity index (χ0v) is 10.5. The standard InChI is InChI=1S/C15H14N4/c16-15-12-3-1-2-10(12)4-5-13(15)11-6-7-19-14(8-11)17-9-18-19/h4-9H,1-3,16H2. The summed E-state index contributed by atoms with van der Waals surface area (Å²) < 4.78 is 1.76. The van der Waals surface area contributed by atoms with Crippen LogP contribution >= 0.6 is 0 Å². The highest BCUT2D eigenvalue weighted by Crippen LogP contribution is 2.35. The fourth-order valence-corrected chi connectivity index (χ4v) is 2.93. The van der Waals surface area contributed by atoms with E-state index < -0.39 is 0 Å². The SMILES string of the molecule is Nc1c(-c2ccn3ncnc3c2)ccc2c1CCC2. The number of pyridine rings is 1.